The average Bonchev–Trinajstić information content (AvgIpc) is 2.50. The number of unbranched alkanes of at least 4 members (excludes halogenated alkanes) is 2. The first-order valence-corrected chi connectivity index (χ1v) is 5.64. The lowest BCUT2D eigenvalue weighted by Gasteiger charge is -2.07. The van der Waals surface area contributed by atoms with Gasteiger partial charge in [-0.2, -0.15) is 0 Å². The predicted molar refractivity (Wildman–Crippen MR) is 52.0 cm³/mol. The first-order valence-electron chi connectivity index (χ1n) is 3.98. The second kappa shape index (κ2) is 5.19. The Kier molecular flexibility index (Phi) is 4.06. The van der Waals surface area contributed by atoms with Crippen LogP contribution in [0.2, 0.25) is 0 Å². The van der Waals surface area contributed by atoms with Gasteiger partial charge in [0.2, 0.25) is 0 Å². The monoisotopic (exact) mass is 170 g/mol. The molecular formula is C9H14OS. The SMILES string of the molecule is O=CCCCC[SH]1C=CC=C1. The van der Waals surface area contributed by atoms with Crippen molar-refractivity contribution in [2.24, 2.45) is 0 Å². The van der Waals surface area contributed by atoms with Gasteiger partial charge >= 0.3 is 0 Å². The Bertz CT molecular complexity index is 160. The Hall–Kier alpha value is -0.500. The molecule has 0 N–H and O–H groups in total. The van der Waals surface area contributed by atoms with Crippen LogP contribution in [0.4, 0.5) is 0 Å². The third-order valence-corrected chi connectivity index (χ3v) is 3.60. The molecule has 62 valence electrons. The van der Waals surface area contributed by atoms with Gasteiger partial charge in [0.15, 0.2) is 0 Å². The third-order valence-electron chi connectivity index (χ3n) is 1.65. The molecule has 11 heavy (non-hydrogen) atoms. The van der Waals surface area contributed by atoms with Crippen molar-refractivity contribution in [3.05, 3.63) is 23.0 Å². The summed E-state index contributed by atoms with van der Waals surface area (Å²) in [4.78, 5) is 9.98. The summed E-state index contributed by atoms with van der Waals surface area (Å²) in [7, 11) is 0.0612. The average molecular weight is 170 g/mol. The number of thiol groups is 1. The second-order valence-corrected chi connectivity index (χ2v) is 4.66. The normalized spacial score (nSPS) is 17.6. The van der Waals surface area contributed by atoms with E-state index >= 15 is 0 Å². The van der Waals surface area contributed by atoms with E-state index in [0.29, 0.717) is 0 Å². The van der Waals surface area contributed by atoms with Crippen LogP contribution in [0.5, 0.6) is 0 Å². The molecule has 1 heterocycles. The Morgan fingerprint density at radius 3 is 2.55 bits per heavy atom. The molecule has 0 saturated carbocycles. The number of carbonyl (C=O) groups excluding carboxylic acids is 1. The fourth-order valence-corrected chi connectivity index (χ4v) is 2.67. The van der Waals surface area contributed by atoms with E-state index in [1.165, 1.54) is 12.2 Å². The number of hydrogen-bond acceptors (Lipinski definition) is 1. The predicted octanol–water partition coefficient (Wildman–Crippen LogP) is 2.40. The maximum atomic E-state index is 9.98. The fourth-order valence-electron chi connectivity index (χ4n) is 1.04. The molecule has 1 aliphatic heterocycles. The van der Waals surface area contributed by atoms with Gasteiger partial charge in [-0.15, -0.1) is 0 Å². The first-order chi connectivity index (χ1) is 5.43. The molecule has 0 aromatic heterocycles. The van der Waals surface area contributed by atoms with Gasteiger partial charge in [-0.1, -0.05) is 12.2 Å². The van der Waals surface area contributed by atoms with Crippen molar-refractivity contribution in [2.45, 2.75) is 19.3 Å². The Balaban J connectivity index is 1.99. The van der Waals surface area contributed by atoms with E-state index in [0.717, 1.165) is 19.1 Å². The summed E-state index contributed by atoms with van der Waals surface area (Å²) in [5.41, 5.74) is 0. The van der Waals surface area contributed by atoms with Crippen molar-refractivity contribution in [1.29, 1.82) is 0 Å². The topological polar surface area (TPSA) is 17.1 Å². The maximum absolute atomic E-state index is 9.98. The van der Waals surface area contributed by atoms with Crippen LogP contribution in [0.3, 0.4) is 0 Å². The molecule has 1 nitrogen and oxygen atoms in total. The van der Waals surface area contributed by atoms with E-state index < -0.39 is 0 Å². The zero-order valence-electron chi connectivity index (χ0n) is 6.57. The minimum Gasteiger partial charge on any atom is -0.303 e. The van der Waals surface area contributed by atoms with Gasteiger partial charge < -0.3 is 4.79 Å². The summed E-state index contributed by atoms with van der Waals surface area (Å²) in [6.45, 7) is 0. The highest BCUT2D eigenvalue weighted by molar-refractivity contribution is 8.22. The lowest BCUT2D eigenvalue weighted by atomic mass is 10.3. The fraction of sp³-hybridized carbons (Fsp3) is 0.444. The molecule has 0 radical (unpaired) electrons. The summed E-state index contributed by atoms with van der Waals surface area (Å²) < 4.78 is 0. The molecule has 0 aliphatic carbocycles. The standard InChI is InChI=1S/C9H14OS/c10-6-2-1-3-7-11-8-4-5-9-11/h4-6,8-9,11H,1-3,7H2. The first kappa shape index (κ1) is 8.60. The highest BCUT2D eigenvalue weighted by Crippen LogP contribution is 2.33. The molecule has 0 fully saturated rings. The van der Waals surface area contributed by atoms with E-state index in [-0.39, 0.29) is 10.9 Å². The van der Waals surface area contributed by atoms with Crippen molar-refractivity contribution >= 4 is 17.2 Å². The second-order valence-electron chi connectivity index (χ2n) is 2.58. The Labute approximate surface area is 70.5 Å². The largest absolute Gasteiger partial charge is 0.303 e. The van der Waals surface area contributed by atoms with Gasteiger partial charge in [0.05, 0.1) is 0 Å². The Morgan fingerprint density at radius 2 is 1.91 bits per heavy atom. The molecule has 0 spiro atoms. The number of aldehydes is 1. The summed E-state index contributed by atoms with van der Waals surface area (Å²) in [5, 5.41) is 4.55. The maximum Gasteiger partial charge on any atom is 0.119 e. The summed E-state index contributed by atoms with van der Waals surface area (Å²) in [6, 6.07) is 0. The minimum atomic E-state index is 0.0612. The summed E-state index contributed by atoms with van der Waals surface area (Å²) in [5.74, 6) is 1.26. The zero-order chi connectivity index (χ0) is 7.94. The van der Waals surface area contributed by atoms with E-state index in [4.69, 9.17) is 0 Å². The van der Waals surface area contributed by atoms with Crippen LogP contribution in [0.25, 0.3) is 0 Å². The van der Waals surface area contributed by atoms with Gasteiger partial charge in [-0.3, -0.25) is 0 Å². The van der Waals surface area contributed by atoms with Crippen molar-refractivity contribution in [3.8, 4) is 0 Å². The van der Waals surface area contributed by atoms with Gasteiger partial charge in [0.1, 0.15) is 6.29 Å². The quantitative estimate of drug-likeness (QED) is 0.381. The number of allylic oxidation sites excluding steroid dienone is 2. The van der Waals surface area contributed by atoms with Crippen LogP contribution in [-0.2, 0) is 4.79 Å². The molecular weight excluding hydrogens is 156 g/mol. The third kappa shape index (κ3) is 3.42. The van der Waals surface area contributed by atoms with Crippen LogP contribution >= 0.6 is 10.9 Å². The molecule has 0 amide bonds. The highest BCUT2D eigenvalue weighted by Gasteiger charge is 1.97. The molecule has 0 aromatic carbocycles. The minimum absolute atomic E-state index is 0.0612. The highest BCUT2D eigenvalue weighted by atomic mass is 32.2. The van der Waals surface area contributed by atoms with Crippen LogP contribution in [-0.4, -0.2) is 12.0 Å². The Morgan fingerprint density at radius 1 is 1.18 bits per heavy atom. The molecule has 0 unspecified atom stereocenters. The van der Waals surface area contributed by atoms with Crippen LogP contribution < -0.4 is 0 Å². The van der Waals surface area contributed by atoms with Crippen LogP contribution in [0.1, 0.15) is 19.3 Å². The van der Waals surface area contributed by atoms with Crippen molar-refractivity contribution < 1.29 is 4.79 Å². The zero-order valence-corrected chi connectivity index (χ0v) is 7.47. The van der Waals surface area contributed by atoms with Gasteiger partial charge in [-0.25, -0.2) is 10.9 Å². The van der Waals surface area contributed by atoms with Crippen LogP contribution in [0, 0.1) is 0 Å². The van der Waals surface area contributed by atoms with Gasteiger partial charge in [0.25, 0.3) is 0 Å². The molecule has 2 heteroatoms. The number of rotatable bonds is 5. The molecule has 1 aliphatic rings. The molecule has 0 atom stereocenters. The molecule has 0 saturated heterocycles. The van der Waals surface area contributed by atoms with Gasteiger partial charge in [-0.05, 0) is 29.4 Å². The van der Waals surface area contributed by atoms with Gasteiger partial charge in [0, 0.05) is 6.42 Å². The molecule has 0 aromatic rings. The van der Waals surface area contributed by atoms with E-state index in [1.54, 1.807) is 0 Å². The van der Waals surface area contributed by atoms with E-state index in [2.05, 4.69) is 23.0 Å². The lowest BCUT2D eigenvalue weighted by Crippen LogP contribution is -1.83. The van der Waals surface area contributed by atoms with Crippen LogP contribution in [0.15, 0.2) is 23.0 Å². The van der Waals surface area contributed by atoms with Crippen molar-refractivity contribution in [1.82, 2.24) is 0 Å². The number of carbonyl (C=O) groups is 1. The van der Waals surface area contributed by atoms with E-state index in [1.807, 2.05) is 0 Å². The summed E-state index contributed by atoms with van der Waals surface area (Å²) in [6.07, 6.45) is 8.23. The van der Waals surface area contributed by atoms with E-state index in [9.17, 15) is 4.79 Å². The van der Waals surface area contributed by atoms with Crippen molar-refractivity contribution in [3.63, 3.8) is 0 Å². The molecule has 0 bridgehead atoms. The number of hydrogen-bond donors (Lipinski definition) is 1. The lowest BCUT2D eigenvalue weighted by molar-refractivity contribution is -0.107. The smallest absolute Gasteiger partial charge is 0.119 e. The van der Waals surface area contributed by atoms with Crippen molar-refractivity contribution in [2.75, 3.05) is 5.75 Å². The summed E-state index contributed by atoms with van der Waals surface area (Å²) >= 11 is 0. The molecule has 1 rings (SSSR count).